The standard InChI is InChI=1S/C13H18FNO3/c1-13(2,12(16)17)15(3)8-9-7-10(14)5-6-11(9)18-4/h5-7H,8H2,1-4H3,(H,16,17). The van der Waals surface area contributed by atoms with Gasteiger partial charge in [0.25, 0.3) is 0 Å². The lowest BCUT2D eigenvalue weighted by atomic mass is 10.0. The molecule has 0 aliphatic carbocycles. The fourth-order valence-electron chi connectivity index (χ4n) is 1.49. The van der Waals surface area contributed by atoms with Crippen LogP contribution < -0.4 is 4.74 Å². The van der Waals surface area contributed by atoms with E-state index in [0.29, 0.717) is 17.9 Å². The van der Waals surface area contributed by atoms with Crippen LogP contribution in [0.25, 0.3) is 0 Å². The van der Waals surface area contributed by atoms with Gasteiger partial charge < -0.3 is 9.84 Å². The van der Waals surface area contributed by atoms with Crippen LogP contribution >= 0.6 is 0 Å². The van der Waals surface area contributed by atoms with Gasteiger partial charge in [0.05, 0.1) is 7.11 Å². The predicted octanol–water partition coefficient (Wildman–Crippen LogP) is 2.13. The number of methoxy groups -OCH3 is 1. The van der Waals surface area contributed by atoms with Crippen molar-refractivity contribution in [3.8, 4) is 5.75 Å². The second-order valence-electron chi connectivity index (χ2n) is 4.68. The molecule has 1 aromatic rings. The Kier molecular flexibility index (Phi) is 4.29. The highest BCUT2D eigenvalue weighted by Crippen LogP contribution is 2.23. The summed E-state index contributed by atoms with van der Waals surface area (Å²) in [6.07, 6.45) is 0. The highest BCUT2D eigenvalue weighted by atomic mass is 19.1. The summed E-state index contributed by atoms with van der Waals surface area (Å²) < 4.78 is 18.3. The smallest absolute Gasteiger partial charge is 0.323 e. The number of likely N-dealkylation sites (N-methyl/N-ethyl adjacent to an activating group) is 1. The van der Waals surface area contributed by atoms with Crippen molar-refractivity contribution in [2.75, 3.05) is 14.2 Å². The van der Waals surface area contributed by atoms with Gasteiger partial charge in [0.15, 0.2) is 0 Å². The van der Waals surface area contributed by atoms with E-state index in [0.717, 1.165) is 0 Å². The summed E-state index contributed by atoms with van der Waals surface area (Å²) >= 11 is 0. The summed E-state index contributed by atoms with van der Waals surface area (Å²) in [4.78, 5) is 12.8. The van der Waals surface area contributed by atoms with E-state index in [-0.39, 0.29) is 5.82 Å². The molecular formula is C13H18FNO3. The molecule has 18 heavy (non-hydrogen) atoms. The molecule has 0 heterocycles. The Balaban J connectivity index is 2.97. The molecule has 5 heteroatoms. The van der Waals surface area contributed by atoms with Crippen LogP contribution in [0.5, 0.6) is 5.75 Å². The number of aliphatic carboxylic acids is 1. The maximum Gasteiger partial charge on any atom is 0.323 e. The molecule has 1 N–H and O–H groups in total. The van der Waals surface area contributed by atoms with Crippen molar-refractivity contribution in [3.63, 3.8) is 0 Å². The third-order valence-electron chi connectivity index (χ3n) is 3.13. The number of nitrogens with zero attached hydrogens (tertiary/aromatic N) is 1. The summed E-state index contributed by atoms with van der Waals surface area (Å²) in [6, 6.07) is 4.20. The average Bonchev–Trinajstić information content (AvgIpc) is 2.29. The van der Waals surface area contributed by atoms with E-state index in [4.69, 9.17) is 9.84 Å². The van der Waals surface area contributed by atoms with Crippen molar-refractivity contribution in [1.82, 2.24) is 4.90 Å². The van der Waals surface area contributed by atoms with E-state index in [2.05, 4.69) is 0 Å². The van der Waals surface area contributed by atoms with Crippen LogP contribution in [0.15, 0.2) is 18.2 Å². The molecule has 4 nitrogen and oxygen atoms in total. The van der Waals surface area contributed by atoms with Crippen molar-refractivity contribution >= 4 is 5.97 Å². The monoisotopic (exact) mass is 255 g/mol. The number of halogens is 1. The lowest BCUT2D eigenvalue weighted by molar-refractivity contribution is -0.148. The van der Waals surface area contributed by atoms with Crippen LogP contribution in [-0.4, -0.2) is 35.7 Å². The van der Waals surface area contributed by atoms with Crippen LogP contribution in [-0.2, 0) is 11.3 Å². The number of carboxylic acid groups (broad SMARTS) is 1. The molecule has 0 amide bonds. The summed E-state index contributed by atoms with van der Waals surface area (Å²) in [5.74, 6) is -0.753. The summed E-state index contributed by atoms with van der Waals surface area (Å²) in [5, 5.41) is 9.12. The molecule has 0 aromatic heterocycles. The van der Waals surface area contributed by atoms with E-state index in [9.17, 15) is 9.18 Å². The molecule has 0 unspecified atom stereocenters. The number of hydrogen-bond acceptors (Lipinski definition) is 3. The zero-order chi connectivity index (χ0) is 13.9. The van der Waals surface area contributed by atoms with E-state index >= 15 is 0 Å². The lowest BCUT2D eigenvalue weighted by Crippen LogP contribution is -2.47. The number of benzene rings is 1. The number of carbonyl (C=O) groups is 1. The van der Waals surface area contributed by atoms with Crippen molar-refractivity contribution in [2.45, 2.75) is 25.9 Å². The lowest BCUT2D eigenvalue weighted by Gasteiger charge is -2.31. The second-order valence-corrected chi connectivity index (χ2v) is 4.68. The summed E-state index contributed by atoms with van der Waals surface area (Å²) in [6.45, 7) is 3.49. The van der Waals surface area contributed by atoms with Crippen LogP contribution in [0, 0.1) is 5.82 Å². The SMILES string of the molecule is COc1ccc(F)cc1CN(C)C(C)(C)C(=O)O. The van der Waals surface area contributed by atoms with Crippen LogP contribution in [0.2, 0.25) is 0 Å². The van der Waals surface area contributed by atoms with E-state index in [1.165, 1.54) is 25.3 Å². The predicted molar refractivity (Wildman–Crippen MR) is 66.1 cm³/mol. The van der Waals surface area contributed by atoms with Gasteiger partial charge in [-0.05, 0) is 39.1 Å². The molecule has 0 bridgehead atoms. The maximum atomic E-state index is 13.2. The van der Waals surface area contributed by atoms with Crippen molar-refractivity contribution < 1.29 is 19.0 Å². The molecule has 0 saturated carbocycles. The molecule has 1 aromatic carbocycles. The van der Waals surface area contributed by atoms with Gasteiger partial charge in [-0.3, -0.25) is 9.69 Å². The number of rotatable bonds is 5. The minimum absolute atomic E-state index is 0.292. The van der Waals surface area contributed by atoms with Crippen molar-refractivity contribution in [3.05, 3.63) is 29.6 Å². The third-order valence-corrected chi connectivity index (χ3v) is 3.13. The molecular weight excluding hydrogens is 237 g/mol. The minimum Gasteiger partial charge on any atom is -0.496 e. The molecule has 0 aliphatic heterocycles. The van der Waals surface area contributed by atoms with Gasteiger partial charge >= 0.3 is 5.97 Å². The number of hydrogen-bond donors (Lipinski definition) is 1. The van der Waals surface area contributed by atoms with E-state index < -0.39 is 11.5 Å². The highest BCUT2D eigenvalue weighted by molar-refractivity contribution is 5.77. The van der Waals surface area contributed by atoms with Gasteiger partial charge in [-0.15, -0.1) is 0 Å². The fraction of sp³-hybridized carbons (Fsp3) is 0.462. The average molecular weight is 255 g/mol. The highest BCUT2D eigenvalue weighted by Gasteiger charge is 2.32. The topological polar surface area (TPSA) is 49.8 Å². The van der Waals surface area contributed by atoms with Gasteiger partial charge in [0, 0.05) is 12.1 Å². The van der Waals surface area contributed by atoms with Crippen molar-refractivity contribution in [2.24, 2.45) is 0 Å². The van der Waals surface area contributed by atoms with Crippen LogP contribution in [0.4, 0.5) is 4.39 Å². The van der Waals surface area contributed by atoms with Crippen LogP contribution in [0.1, 0.15) is 19.4 Å². The van der Waals surface area contributed by atoms with E-state index in [1.54, 1.807) is 25.8 Å². The first-order valence-electron chi connectivity index (χ1n) is 5.56. The third kappa shape index (κ3) is 2.98. The molecule has 0 fully saturated rings. The van der Waals surface area contributed by atoms with Crippen molar-refractivity contribution in [1.29, 1.82) is 0 Å². The minimum atomic E-state index is -1.03. The Labute approximate surface area is 106 Å². The maximum absolute atomic E-state index is 13.2. The molecule has 0 radical (unpaired) electrons. The Morgan fingerprint density at radius 3 is 2.61 bits per heavy atom. The molecule has 0 atom stereocenters. The molecule has 0 saturated heterocycles. The molecule has 100 valence electrons. The Hall–Kier alpha value is -1.62. The van der Waals surface area contributed by atoms with Crippen LogP contribution in [0.3, 0.4) is 0 Å². The summed E-state index contributed by atoms with van der Waals surface area (Å²) in [5.41, 5.74) is -0.411. The van der Waals surface area contributed by atoms with Gasteiger partial charge in [0.1, 0.15) is 17.1 Å². The summed E-state index contributed by atoms with van der Waals surface area (Å²) in [7, 11) is 3.18. The first kappa shape index (κ1) is 14.4. The largest absolute Gasteiger partial charge is 0.496 e. The first-order valence-corrected chi connectivity index (χ1v) is 5.56. The first-order chi connectivity index (χ1) is 8.28. The number of carboxylic acids is 1. The fourth-order valence-corrected chi connectivity index (χ4v) is 1.49. The molecule has 0 spiro atoms. The second kappa shape index (κ2) is 5.35. The zero-order valence-electron chi connectivity index (χ0n) is 11.0. The van der Waals surface area contributed by atoms with Gasteiger partial charge in [0.2, 0.25) is 0 Å². The Morgan fingerprint density at radius 2 is 2.11 bits per heavy atom. The Morgan fingerprint density at radius 1 is 1.50 bits per heavy atom. The molecule has 0 aliphatic rings. The number of ether oxygens (including phenoxy) is 1. The van der Waals surface area contributed by atoms with Gasteiger partial charge in [-0.2, -0.15) is 0 Å². The van der Waals surface area contributed by atoms with Gasteiger partial charge in [-0.1, -0.05) is 0 Å². The molecule has 1 rings (SSSR count). The van der Waals surface area contributed by atoms with Gasteiger partial charge in [-0.25, -0.2) is 4.39 Å². The quantitative estimate of drug-likeness (QED) is 0.875. The normalized spacial score (nSPS) is 11.7. The van der Waals surface area contributed by atoms with E-state index in [1.807, 2.05) is 0 Å². The Bertz CT molecular complexity index is 446. The zero-order valence-corrected chi connectivity index (χ0v) is 11.0.